The number of carbonyl (C=O) groups excluding carboxylic acids is 2. The van der Waals surface area contributed by atoms with Crippen molar-refractivity contribution in [1.29, 1.82) is 0 Å². The SMILES string of the molecule is CC1(c2ccccc2Br)NC(=O)N(Cc2nnnn2-c2ccccc2)C1=O. The topological polar surface area (TPSA) is 93.0 Å². The molecule has 2 heterocycles. The molecule has 4 rings (SSSR count). The van der Waals surface area contributed by atoms with E-state index in [9.17, 15) is 9.59 Å². The number of nitrogens with zero attached hydrogens (tertiary/aromatic N) is 5. The molecule has 0 spiro atoms. The normalized spacial score (nSPS) is 19.4. The Kier molecular flexibility index (Phi) is 4.23. The van der Waals surface area contributed by atoms with Gasteiger partial charge < -0.3 is 5.32 Å². The Hall–Kier alpha value is -3.07. The number of nitrogens with one attached hydrogen (secondary N) is 1. The van der Waals surface area contributed by atoms with Crippen molar-refractivity contribution in [3.05, 3.63) is 70.5 Å². The average molecular weight is 427 g/mol. The predicted molar refractivity (Wildman–Crippen MR) is 99.7 cm³/mol. The number of hydrogen-bond donors (Lipinski definition) is 1. The lowest BCUT2D eigenvalue weighted by atomic mass is 9.92. The molecule has 0 aliphatic carbocycles. The summed E-state index contributed by atoms with van der Waals surface area (Å²) in [6, 6.07) is 16.1. The molecule has 0 saturated carbocycles. The quantitative estimate of drug-likeness (QED) is 0.646. The van der Waals surface area contributed by atoms with Crippen LogP contribution in [0.4, 0.5) is 4.79 Å². The third-order valence-electron chi connectivity index (χ3n) is 4.52. The Balaban J connectivity index is 1.65. The number of halogens is 1. The number of tetrazole rings is 1. The third-order valence-corrected chi connectivity index (χ3v) is 5.21. The molecule has 1 unspecified atom stereocenters. The van der Waals surface area contributed by atoms with Crippen molar-refractivity contribution in [3.8, 4) is 5.69 Å². The van der Waals surface area contributed by atoms with Gasteiger partial charge in [-0.15, -0.1) is 5.10 Å². The maximum Gasteiger partial charge on any atom is 0.325 e. The maximum atomic E-state index is 13.1. The predicted octanol–water partition coefficient (Wildman–Crippen LogP) is 2.39. The molecular weight excluding hydrogens is 412 g/mol. The van der Waals surface area contributed by atoms with Crippen LogP contribution in [0.15, 0.2) is 59.1 Å². The van der Waals surface area contributed by atoms with Gasteiger partial charge in [0.2, 0.25) is 0 Å². The first-order valence-electron chi connectivity index (χ1n) is 8.22. The number of para-hydroxylation sites is 1. The van der Waals surface area contributed by atoms with E-state index in [4.69, 9.17) is 0 Å². The smallest absolute Gasteiger partial charge is 0.319 e. The van der Waals surface area contributed by atoms with Gasteiger partial charge in [-0.3, -0.25) is 9.69 Å². The van der Waals surface area contributed by atoms with Gasteiger partial charge in [-0.25, -0.2) is 4.79 Å². The van der Waals surface area contributed by atoms with Gasteiger partial charge in [0.15, 0.2) is 5.82 Å². The highest BCUT2D eigenvalue weighted by molar-refractivity contribution is 9.10. The minimum absolute atomic E-state index is 0.0351. The zero-order valence-electron chi connectivity index (χ0n) is 14.3. The third kappa shape index (κ3) is 2.89. The van der Waals surface area contributed by atoms with Crippen LogP contribution in [0.1, 0.15) is 18.3 Å². The maximum absolute atomic E-state index is 13.1. The van der Waals surface area contributed by atoms with Crippen LogP contribution in [-0.2, 0) is 16.9 Å². The molecule has 9 heteroatoms. The summed E-state index contributed by atoms with van der Waals surface area (Å²) in [5.41, 5.74) is 0.272. The van der Waals surface area contributed by atoms with Crippen LogP contribution in [0.2, 0.25) is 0 Å². The lowest BCUT2D eigenvalue weighted by Gasteiger charge is -2.23. The highest BCUT2D eigenvalue weighted by Gasteiger charge is 2.50. The first-order valence-corrected chi connectivity index (χ1v) is 9.02. The molecule has 0 radical (unpaired) electrons. The van der Waals surface area contributed by atoms with Crippen molar-refractivity contribution in [2.45, 2.75) is 19.0 Å². The molecule has 1 aliphatic rings. The van der Waals surface area contributed by atoms with Crippen molar-refractivity contribution in [2.24, 2.45) is 0 Å². The largest absolute Gasteiger partial charge is 0.325 e. The molecule has 1 aromatic heterocycles. The fourth-order valence-corrected chi connectivity index (χ4v) is 3.79. The van der Waals surface area contributed by atoms with E-state index in [0.29, 0.717) is 11.4 Å². The van der Waals surface area contributed by atoms with E-state index in [0.717, 1.165) is 15.1 Å². The molecule has 3 amide bonds. The van der Waals surface area contributed by atoms with Crippen LogP contribution in [0.3, 0.4) is 0 Å². The summed E-state index contributed by atoms with van der Waals surface area (Å²) < 4.78 is 2.26. The highest BCUT2D eigenvalue weighted by Crippen LogP contribution is 2.34. The van der Waals surface area contributed by atoms with Gasteiger partial charge in [0.25, 0.3) is 5.91 Å². The van der Waals surface area contributed by atoms with Crippen LogP contribution in [0.25, 0.3) is 5.69 Å². The minimum Gasteiger partial charge on any atom is -0.319 e. The van der Waals surface area contributed by atoms with Crippen molar-refractivity contribution in [2.75, 3.05) is 0 Å². The van der Waals surface area contributed by atoms with Crippen LogP contribution in [0, 0.1) is 0 Å². The van der Waals surface area contributed by atoms with Crippen molar-refractivity contribution >= 4 is 27.9 Å². The first-order chi connectivity index (χ1) is 13.0. The molecular formula is C18H15BrN6O2. The Labute approximate surface area is 163 Å². The molecule has 1 fully saturated rings. The van der Waals surface area contributed by atoms with Gasteiger partial charge in [0.1, 0.15) is 5.54 Å². The van der Waals surface area contributed by atoms with E-state index in [1.54, 1.807) is 13.0 Å². The molecule has 136 valence electrons. The molecule has 1 aliphatic heterocycles. The van der Waals surface area contributed by atoms with E-state index in [1.807, 2.05) is 48.5 Å². The van der Waals surface area contributed by atoms with Gasteiger partial charge >= 0.3 is 6.03 Å². The minimum atomic E-state index is -1.16. The number of urea groups is 1. The summed E-state index contributed by atoms with van der Waals surface area (Å²) in [5, 5.41) is 14.4. The second-order valence-electron chi connectivity index (χ2n) is 6.27. The Bertz CT molecular complexity index is 1020. The number of rotatable bonds is 4. The summed E-state index contributed by atoms with van der Waals surface area (Å²) in [4.78, 5) is 26.8. The zero-order chi connectivity index (χ0) is 19.0. The second kappa shape index (κ2) is 6.58. The van der Waals surface area contributed by atoms with Gasteiger partial charge in [-0.05, 0) is 35.5 Å². The van der Waals surface area contributed by atoms with Gasteiger partial charge in [0.05, 0.1) is 12.2 Å². The molecule has 2 aromatic carbocycles. The zero-order valence-corrected chi connectivity index (χ0v) is 15.9. The summed E-state index contributed by atoms with van der Waals surface area (Å²) in [6.07, 6.45) is 0. The van der Waals surface area contributed by atoms with Crippen LogP contribution >= 0.6 is 15.9 Å². The van der Waals surface area contributed by atoms with Crippen LogP contribution in [0.5, 0.6) is 0 Å². The number of imide groups is 1. The second-order valence-corrected chi connectivity index (χ2v) is 7.12. The van der Waals surface area contributed by atoms with Gasteiger partial charge in [0, 0.05) is 10.0 Å². The van der Waals surface area contributed by atoms with Gasteiger partial charge in [-0.2, -0.15) is 4.68 Å². The van der Waals surface area contributed by atoms with Crippen molar-refractivity contribution in [1.82, 2.24) is 30.4 Å². The molecule has 0 bridgehead atoms. The highest BCUT2D eigenvalue weighted by atomic mass is 79.9. The van der Waals surface area contributed by atoms with E-state index in [-0.39, 0.29) is 12.5 Å². The molecule has 1 atom stereocenters. The van der Waals surface area contributed by atoms with Crippen molar-refractivity contribution < 1.29 is 9.59 Å². The number of carbonyl (C=O) groups is 2. The Morgan fingerprint density at radius 1 is 1.07 bits per heavy atom. The lowest BCUT2D eigenvalue weighted by molar-refractivity contribution is -0.131. The molecule has 8 nitrogen and oxygen atoms in total. The molecule has 3 aromatic rings. The standard InChI is InChI=1S/C18H15BrN6O2/c1-18(13-9-5-6-10-14(13)19)16(26)24(17(27)20-18)11-15-21-22-23-25(15)12-7-3-2-4-8-12/h2-10H,11H2,1H3,(H,20,27). The average Bonchev–Trinajstić information content (AvgIpc) is 3.22. The summed E-state index contributed by atoms with van der Waals surface area (Å²) >= 11 is 3.45. The van der Waals surface area contributed by atoms with Crippen molar-refractivity contribution in [3.63, 3.8) is 0 Å². The Morgan fingerprint density at radius 3 is 2.52 bits per heavy atom. The monoisotopic (exact) mass is 426 g/mol. The summed E-state index contributed by atoms with van der Waals surface area (Å²) in [5.74, 6) is 0.0306. The summed E-state index contributed by atoms with van der Waals surface area (Å²) in [7, 11) is 0. The number of benzene rings is 2. The first kappa shape index (κ1) is 17.3. The fraction of sp³-hybridized carbons (Fsp3) is 0.167. The summed E-state index contributed by atoms with van der Waals surface area (Å²) in [6.45, 7) is 1.65. The van der Waals surface area contributed by atoms with E-state index in [1.165, 1.54) is 4.68 Å². The van der Waals surface area contributed by atoms with E-state index in [2.05, 4.69) is 36.8 Å². The lowest BCUT2D eigenvalue weighted by Crippen LogP contribution is -2.41. The molecule has 27 heavy (non-hydrogen) atoms. The number of aromatic nitrogens is 4. The van der Waals surface area contributed by atoms with Crippen LogP contribution < -0.4 is 5.32 Å². The fourth-order valence-electron chi connectivity index (χ4n) is 3.11. The van der Waals surface area contributed by atoms with E-state index < -0.39 is 11.6 Å². The molecule has 1 N–H and O–H groups in total. The molecule has 1 saturated heterocycles. The van der Waals surface area contributed by atoms with E-state index >= 15 is 0 Å². The number of hydrogen-bond acceptors (Lipinski definition) is 5. The van der Waals surface area contributed by atoms with Crippen LogP contribution in [-0.4, -0.2) is 37.0 Å². The van der Waals surface area contributed by atoms with Gasteiger partial charge in [-0.1, -0.05) is 52.3 Å². The number of amides is 3. The Morgan fingerprint density at radius 2 is 1.78 bits per heavy atom.